The smallest absolute Gasteiger partial charge is 0.319 e. The maximum atomic E-state index is 12.0. The van der Waals surface area contributed by atoms with E-state index in [2.05, 4.69) is 10.6 Å². The molecule has 0 aliphatic rings. The molecule has 2 rings (SSSR count). The van der Waals surface area contributed by atoms with Gasteiger partial charge in [0.15, 0.2) is 0 Å². The Labute approximate surface area is 144 Å². The second kappa shape index (κ2) is 8.49. The highest BCUT2D eigenvalue weighted by Crippen LogP contribution is 2.14. The van der Waals surface area contributed by atoms with E-state index >= 15 is 0 Å². The van der Waals surface area contributed by atoms with Crippen LogP contribution in [0.1, 0.15) is 12.5 Å². The van der Waals surface area contributed by atoms with Crippen LogP contribution >= 0.6 is 0 Å². The normalized spacial score (nSPS) is 13.0. The zero-order valence-corrected chi connectivity index (χ0v) is 14.9. The van der Waals surface area contributed by atoms with Crippen LogP contribution in [0.3, 0.4) is 0 Å². The van der Waals surface area contributed by atoms with E-state index in [0.29, 0.717) is 17.1 Å². The van der Waals surface area contributed by atoms with Gasteiger partial charge >= 0.3 is 6.03 Å². The van der Waals surface area contributed by atoms with Crippen LogP contribution in [-0.2, 0) is 10.8 Å². The zero-order valence-electron chi connectivity index (χ0n) is 14.0. The van der Waals surface area contributed by atoms with Crippen molar-refractivity contribution in [2.45, 2.75) is 24.8 Å². The van der Waals surface area contributed by atoms with Gasteiger partial charge in [-0.1, -0.05) is 18.2 Å². The monoisotopic (exact) mass is 346 g/mol. The average molecular weight is 346 g/mol. The Morgan fingerprint density at radius 3 is 2.67 bits per heavy atom. The summed E-state index contributed by atoms with van der Waals surface area (Å²) in [6.45, 7) is 4.27. The first-order valence-electron chi connectivity index (χ1n) is 7.65. The first-order valence-corrected chi connectivity index (χ1v) is 9.21. The number of carbonyl (C=O) groups is 1. The van der Waals surface area contributed by atoms with E-state index in [0.717, 1.165) is 11.3 Å². The lowest BCUT2D eigenvalue weighted by Gasteiger charge is -2.16. The molecule has 6 heteroatoms. The lowest BCUT2D eigenvalue weighted by atomic mass is 10.2. The number of hydrogen-bond acceptors (Lipinski definition) is 3. The van der Waals surface area contributed by atoms with Gasteiger partial charge in [0.2, 0.25) is 0 Å². The van der Waals surface area contributed by atoms with Crippen molar-refractivity contribution in [2.24, 2.45) is 0 Å². The van der Waals surface area contributed by atoms with E-state index in [1.165, 1.54) is 0 Å². The SMILES string of the molecule is Cc1cccc(O[C@@H](C)CNC(=O)Nc2cccc([S@@](C)=O)c2)c1. The van der Waals surface area contributed by atoms with Crippen LogP contribution in [0.15, 0.2) is 53.4 Å². The van der Waals surface area contributed by atoms with Crippen LogP contribution in [0.25, 0.3) is 0 Å². The van der Waals surface area contributed by atoms with E-state index in [1.54, 1.807) is 30.5 Å². The van der Waals surface area contributed by atoms with Crippen molar-refractivity contribution in [3.8, 4) is 5.75 Å². The van der Waals surface area contributed by atoms with Crippen molar-refractivity contribution >= 4 is 22.5 Å². The second-order valence-corrected chi connectivity index (χ2v) is 6.94. The summed E-state index contributed by atoms with van der Waals surface area (Å²) >= 11 is 0. The molecule has 0 heterocycles. The van der Waals surface area contributed by atoms with Gasteiger partial charge in [0, 0.05) is 27.6 Å². The highest BCUT2D eigenvalue weighted by Gasteiger charge is 2.08. The van der Waals surface area contributed by atoms with Crippen LogP contribution < -0.4 is 15.4 Å². The summed E-state index contributed by atoms with van der Waals surface area (Å²) in [6, 6.07) is 14.4. The van der Waals surface area contributed by atoms with Crippen LogP contribution in [0.5, 0.6) is 5.75 Å². The van der Waals surface area contributed by atoms with Crippen molar-refractivity contribution < 1.29 is 13.7 Å². The van der Waals surface area contributed by atoms with Crippen molar-refractivity contribution in [2.75, 3.05) is 18.1 Å². The number of rotatable bonds is 6. The molecule has 0 saturated carbocycles. The van der Waals surface area contributed by atoms with E-state index in [4.69, 9.17) is 4.74 Å². The number of carbonyl (C=O) groups excluding carboxylic acids is 1. The minimum Gasteiger partial charge on any atom is -0.489 e. The summed E-state index contributed by atoms with van der Waals surface area (Å²) in [4.78, 5) is 12.6. The summed E-state index contributed by atoms with van der Waals surface area (Å²) in [7, 11) is -1.08. The number of amides is 2. The van der Waals surface area contributed by atoms with Gasteiger partial charge in [-0.05, 0) is 49.7 Å². The molecule has 0 bridgehead atoms. The topological polar surface area (TPSA) is 67.4 Å². The van der Waals surface area contributed by atoms with E-state index < -0.39 is 10.8 Å². The predicted octanol–water partition coefficient (Wildman–Crippen LogP) is 3.32. The first-order chi connectivity index (χ1) is 11.4. The Morgan fingerprint density at radius 1 is 1.21 bits per heavy atom. The first kappa shape index (κ1) is 18.0. The molecule has 2 aromatic carbocycles. The molecular formula is C18H22N2O3S. The Kier molecular flexibility index (Phi) is 6.37. The molecule has 0 radical (unpaired) electrons. The van der Waals surface area contributed by atoms with Gasteiger partial charge in [0.25, 0.3) is 0 Å². The summed E-state index contributed by atoms with van der Waals surface area (Å²) in [5.74, 6) is 0.780. The number of ether oxygens (including phenoxy) is 1. The number of aryl methyl sites for hydroxylation is 1. The van der Waals surface area contributed by atoms with Gasteiger partial charge in [-0.25, -0.2) is 4.79 Å². The van der Waals surface area contributed by atoms with E-state index in [1.807, 2.05) is 38.1 Å². The Morgan fingerprint density at radius 2 is 1.96 bits per heavy atom. The number of urea groups is 1. The molecule has 128 valence electrons. The highest BCUT2D eigenvalue weighted by atomic mass is 32.2. The van der Waals surface area contributed by atoms with Gasteiger partial charge < -0.3 is 15.4 Å². The number of hydrogen-bond donors (Lipinski definition) is 2. The van der Waals surface area contributed by atoms with Crippen LogP contribution in [0, 0.1) is 6.92 Å². The van der Waals surface area contributed by atoms with Gasteiger partial charge in [0.05, 0.1) is 6.54 Å². The molecule has 0 aromatic heterocycles. The van der Waals surface area contributed by atoms with Crippen molar-refractivity contribution in [1.29, 1.82) is 0 Å². The van der Waals surface area contributed by atoms with Gasteiger partial charge in [-0.3, -0.25) is 4.21 Å². The largest absolute Gasteiger partial charge is 0.489 e. The number of benzene rings is 2. The second-order valence-electron chi connectivity index (χ2n) is 5.56. The van der Waals surface area contributed by atoms with Gasteiger partial charge in [-0.2, -0.15) is 0 Å². The number of nitrogens with one attached hydrogen (secondary N) is 2. The third-order valence-corrected chi connectivity index (χ3v) is 4.22. The molecule has 0 spiro atoms. The molecule has 0 aliphatic heterocycles. The van der Waals surface area contributed by atoms with Crippen LogP contribution in [-0.4, -0.2) is 29.1 Å². The fraction of sp³-hybridized carbons (Fsp3) is 0.278. The third-order valence-electron chi connectivity index (χ3n) is 3.30. The summed E-state index contributed by atoms with van der Waals surface area (Å²) in [5, 5.41) is 5.49. The highest BCUT2D eigenvalue weighted by molar-refractivity contribution is 7.84. The summed E-state index contributed by atoms with van der Waals surface area (Å²) < 4.78 is 17.2. The minimum absolute atomic E-state index is 0.160. The molecule has 2 atom stereocenters. The fourth-order valence-corrected chi connectivity index (χ4v) is 2.69. The molecule has 0 aliphatic carbocycles. The fourth-order valence-electron chi connectivity index (χ4n) is 2.13. The lowest BCUT2D eigenvalue weighted by molar-refractivity contribution is 0.212. The van der Waals surface area contributed by atoms with E-state index in [9.17, 15) is 9.00 Å². The van der Waals surface area contributed by atoms with Gasteiger partial charge in [0.1, 0.15) is 11.9 Å². The van der Waals surface area contributed by atoms with Crippen LogP contribution in [0.4, 0.5) is 10.5 Å². The lowest BCUT2D eigenvalue weighted by Crippen LogP contribution is -2.36. The Bertz CT molecular complexity index is 734. The van der Waals surface area contributed by atoms with Crippen molar-refractivity contribution in [1.82, 2.24) is 5.32 Å². The molecule has 0 fully saturated rings. The average Bonchev–Trinajstić information content (AvgIpc) is 2.53. The van der Waals surface area contributed by atoms with Crippen LogP contribution in [0.2, 0.25) is 0 Å². The quantitative estimate of drug-likeness (QED) is 0.843. The maximum Gasteiger partial charge on any atom is 0.319 e. The Balaban J connectivity index is 1.82. The molecule has 0 unspecified atom stereocenters. The molecular weight excluding hydrogens is 324 g/mol. The molecule has 24 heavy (non-hydrogen) atoms. The summed E-state index contributed by atoms with van der Waals surface area (Å²) in [6.07, 6.45) is 1.44. The molecule has 2 N–H and O–H groups in total. The molecule has 0 saturated heterocycles. The standard InChI is InChI=1S/C18H22N2O3S/c1-13-6-4-8-16(10-13)23-14(2)12-19-18(21)20-15-7-5-9-17(11-15)24(3)22/h4-11,14H,12H2,1-3H3,(H2,19,20,21)/t14-,24+/m0/s1. The number of anilines is 1. The third kappa shape index (κ3) is 5.70. The van der Waals surface area contributed by atoms with Crippen molar-refractivity contribution in [3.05, 3.63) is 54.1 Å². The van der Waals surface area contributed by atoms with E-state index in [-0.39, 0.29) is 12.1 Å². The zero-order chi connectivity index (χ0) is 17.5. The molecule has 2 amide bonds. The maximum absolute atomic E-state index is 12.0. The summed E-state index contributed by atoms with van der Waals surface area (Å²) in [5.41, 5.74) is 1.73. The van der Waals surface area contributed by atoms with Crippen molar-refractivity contribution in [3.63, 3.8) is 0 Å². The molecule has 5 nitrogen and oxygen atoms in total. The van der Waals surface area contributed by atoms with Gasteiger partial charge in [-0.15, -0.1) is 0 Å². The minimum atomic E-state index is -1.08. The molecule has 2 aromatic rings. The Hall–Kier alpha value is -2.34. The predicted molar refractivity (Wildman–Crippen MR) is 97.1 cm³/mol.